The number of amides is 1. The molecule has 23 heavy (non-hydrogen) atoms. The minimum atomic E-state index is -0.447. The van der Waals surface area contributed by atoms with Crippen molar-refractivity contribution in [2.24, 2.45) is 0 Å². The molecule has 1 amide bonds. The standard InChI is InChI=1S/C17H18ClFN2O2/c1-11(20-10-12-4-3-5-14(8-12)23-2)17(22)21-16-7-6-13(19)9-15(16)18/h3-9,11,20H,10H2,1-2H3,(H,21,22)/t11-/m1/s1. The number of hydrogen-bond acceptors (Lipinski definition) is 3. The van der Waals surface area contributed by atoms with Gasteiger partial charge in [-0.25, -0.2) is 4.39 Å². The molecule has 6 heteroatoms. The highest BCUT2D eigenvalue weighted by atomic mass is 35.5. The number of carbonyl (C=O) groups excluding carboxylic acids is 1. The summed E-state index contributed by atoms with van der Waals surface area (Å²) >= 11 is 5.90. The Hall–Kier alpha value is -2.11. The topological polar surface area (TPSA) is 50.4 Å². The molecule has 0 radical (unpaired) electrons. The zero-order valence-electron chi connectivity index (χ0n) is 12.9. The van der Waals surface area contributed by atoms with Gasteiger partial charge in [-0.3, -0.25) is 4.79 Å². The summed E-state index contributed by atoms with van der Waals surface area (Å²) in [5.74, 6) is 0.0677. The van der Waals surface area contributed by atoms with Crippen LogP contribution in [0.2, 0.25) is 5.02 Å². The van der Waals surface area contributed by atoms with Gasteiger partial charge < -0.3 is 15.4 Å². The molecule has 122 valence electrons. The smallest absolute Gasteiger partial charge is 0.241 e. The van der Waals surface area contributed by atoms with Gasteiger partial charge in [0.15, 0.2) is 0 Å². The summed E-state index contributed by atoms with van der Waals surface area (Å²) in [5.41, 5.74) is 1.39. The summed E-state index contributed by atoms with van der Waals surface area (Å²) in [6.07, 6.45) is 0. The second kappa shape index (κ2) is 7.94. The Kier molecular flexibility index (Phi) is 5.96. The summed E-state index contributed by atoms with van der Waals surface area (Å²) < 4.78 is 18.2. The molecule has 0 unspecified atom stereocenters. The highest BCUT2D eigenvalue weighted by Gasteiger charge is 2.14. The Labute approximate surface area is 139 Å². The van der Waals surface area contributed by atoms with Crippen LogP contribution in [0.25, 0.3) is 0 Å². The van der Waals surface area contributed by atoms with Crippen LogP contribution in [0.1, 0.15) is 12.5 Å². The Balaban J connectivity index is 1.91. The summed E-state index contributed by atoms with van der Waals surface area (Å²) in [5, 5.41) is 5.95. The van der Waals surface area contributed by atoms with Gasteiger partial charge in [0, 0.05) is 6.54 Å². The first-order chi connectivity index (χ1) is 11.0. The van der Waals surface area contributed by atoms with Gasteiger partial charge in [0.05, 0.1) is 23.9 Å². The number of halogens is 2. The van der Waals surface area contributed by atoms with E-state index in [0.717, 1.165) is 17.4 Å². The zero-order chi connectivity index (χ0) is 16.8. The minimum Gasteiger partial charge on any atom is -0.497 e. The van der Waals surface area contributed by atoms with Crippen LogP contribution in [-0.2, 0) is 11.3 Å². The molecule has 2 aromatic rings. The molecule has 0 saturated heterocycles. The molecule has 0 aliphatic rings. The molecule has 0 fully saturated rings. The summed E-state index contributed by atoms with van der Waals surface area (Å²) in [4.78, 5) is 12.1. The van der Waals surface area contributed by atoms with Gasteiger partial charge >= 0.3 is 0 Å². The third-order valence-corrected chi connectivity index (χ3v) is 3.64. The summed E-state index contributed by atoms with van der Waals surface area (Å²) in [6, 6.07) is 11.0. The van der Waals surface area contributed by atoms with Gasteiger partial charge in [-0.05, 0) is 42.8 Å². The van der Waals surface area contributed by atoms with Gasteiger partial charge in [0.2, 0.25) is 5.91 Å². The van der Waals surface area contributed by atoms with Crippen molar-refractivity contribution in [3.05, 3.63) is 58.9 Å². The van der Waals surface area contributed by atoms with E-state index in [1.165, 1.54) is 12.1 Å². The fourth-order valence-electron chi connectivity index (χ4n) is 1.98. The van der Waals surface area contributed by atoms with Crippen molar-refractivity contribution >= 4 is 23.2 Å². The first-order valence-corrected chi connectivity index (χ1v) is 7.49. The van der Waals surface area contributed by atoms with Crippen LogP contribution in [0.15, 0.2) is 42.5 Å². The van der Waals surface area contributed by atoms with Gasteiger partial charge in [0.1, 0.15) is 11.6 Å². The second-order valence-electron chi connectivity index (χ2n) is 5.07. The van der Waals surface area contributed by atoms with Crippen molar-refractivity contribution in [1.82, 2.24) is 5.32 Å². The number of anilines is 1. The maximum absolute atomic E-state index is 13.0. The number of nitrogens with one attached hydrogen (secondary N) is 2. The Bertz CT molecular complexity index is 694. The van der Waals surface area contributed by atoms with Crippen LogP contribution >= 0.6 is 11.6 Å². The lowest BCUT2D eigenvalue weighted by Gasteiger charge is -2.15. The number of ether oxygens (including phenoxy) is 1. The third-order valence-electron chi connectivity index (χ3n) is 3.33. The molecular weight excluding hydrogens is 319 g/mol. The highest BCUT2D eigenvalue weighted by molar-refractivity contribution is 6.33. The molecule has 2 aromatic carbocycles. The maximum atomic E-state index is 13.0. The number of benzene rings is 2. The average molecular weight is 337 g/mol. The van der Waals surface area contributed by atoms with E-state index in [2.05, 4.69) is 10.6 Å². The minimum absolute atomic E-state index is 0.165. The van der Waals surface area contributed by atoms with Gasteiger partial charge in [-0.15, -0.1) is 0 Å². The third kappa shape index (κ3) is 4.94. The molecule has 0 heterocycles. The number of hydrogen-bond donors (Lipinski definition) is 2. The molecule has 1 atom stereocenters. The fraction of sp³-hybridized carbons (Fsp3) is 0.235. The summed E-state index contributed by atoms with van der Waals surface area (Å²) in [7, 11) is 1.61. The molecule has 0 bridgehead atoms. The lowest BCUT2D eigenvalue weighted by Crippen LogP contribution is -2.37. The van der Waals surface area contributed by atoms with Crippen molar-refractivity contribution in [3.63, 3.8) is 0 Å². The molecule has 0 spiro atoms. The van der Waals surface area contributed by atoms with E-state index in [1.807, 2.05) is 24.3 Å². The van der Waals surface area contributed by atoms with Gasteiger partial charge in [0.25, 0.3) is 0 Å². The molecule has 0 aliphatic carbocycles. The molecule has 0 aromatic heterocycles. The molecule has 4 nitrogen and oxygen atoms in total. The number of carbonyl (C=O) groups is 1. The van der Waals surface area contributed by atoms with Gasteiger partial charge in [-0.1, -0.05) is 23.7 Å². The van der Waals surface area contributed by atoms with Crippen LogP contribution in [-0.4, -0.2) is 19.1 Å². The maximum Gasteiger partial charge on any atom is 0.241 e. The van der Waals surface area contributed by atoms with Crippen LogP contribution < -0.4 is 15.4 Å². The van der Waals surface area contributed by atoms with Crippen molar-refractivity contribution < 1.29 is 13.9 Å². The van der Waals surface area contributed by atoms with E-state index < -0.39 is 11.9 Å². The highest BCUT2D eigenvalue weighted by Crippen LogP contribution is 2.22. The summed E-state index contributed by atoms with van der Waals surface area (Å²) in [6.45, 7) is 2.26. The van der Waals surface area contributed by atoms with E-state index in [1.54, 1.807) is 14.0 Å². The predicted octanol–water partition coefficient (Wildman–Crippen LogP) is 3.60. The second-order valence-corrected chi connectivity index (χ2v) is 5.47. The van der Waals surface area contributed by atoms with E-state index in [4.69, 9.17) is 16.3 Å². The molecular formula is C17H18ClFN2O2. The lowest BCUT2D eigenvalue weighted by atomic mass is 10.2. The first kappa shape index (κ1) is 17.2. The van der Waals surface area contributed by atoms with Crippen LogP contribution in [0.3, 0.4) is 0 Å². The first-order valence-electron chi connectivity index (χ1n) is 7.12. The predicted molar refractivity (Wildman–Crippen MR) is 89.3 cm³/mol. The van der Waals surface area contributed by atoms with Gasteiger partial charge in [-0.2, -0.15) is 0 Å². The lowest BCUT2D eigenvalue weighted by molar-refractivity contribution is -0.117. The van der Waals surface area contributed by atoms with Crippen molar-refractivity contribution in [1.29, 1.82) is 0 Å². The van der Waals surface area contributed by atoms with E-state index in [9.17, 15) is 9.18 Å². The fourth-order valence-corrected chi connectivity index (χ4v) is 2.19. The van der Waals surface area contributed by atoms with E-state index in [0.29, 0.717) is 12.2 Å². The monoisotopic (exact) mass is 336 g/mol. The Morgan fingerprint density at radius 2 is 2.09 bits per heavy atom. The number of rotatable bonds is 6. The molecule has 2 N–H and O–H groups in total. The quantitative estimate of drug-likeness (QED) is 0.847. The number of methoxy groups -OCH3 is 1. The average Bonchev–Trinajstić information content (AvgIpc) is 2.55. The van der Waals surface area contributed by atoms with E-state index in [-0.39, 0.29) is 10.9 Å². The molecule has 0 aliphatic heterocycles. The van der Waals surface area contributed by atoms with Crippen LogP contribution in [0.5, 0.6) is 5.75 Å². The van der Waals surface area contributed by atoms with Crippen molar-refractivity contribution in [2.75, 3.05) is 12.4 Å². The van der Waals surface area contributed by atoms with Crippen LogP contribution in [0, 0.1) is 5.82 Å². The SMILES string of the molecule is COc1cccc(CN[C@H](C)C(=O)Nc2ccc(F)cc2Cl)c1. The molecule has 2 rings (SSSR count). The largest absolute Gasteiger partial charge is 0.497 e. The normalized spacial score (nSPS) is 11.8. The Morgan fingerprint density at radius 3 is 2.78 bits per heavy atom. The van der Waals surface area contributed by atoms with Crippen LogP contribution in [0.4, 0.5) is 10.1 Å². The van der Waals surface area contributed by atoms with Crippen molar-refractivity contribution in [3.8, 4) is 5.75 Å². The molecule has 0 saturated carbocycles. The zero-order valence-corrected chi connectivity index (χ0v) is 13.7. The Morgan fingerprint density at radius 1 is 1.30 bits per heavy atom. The van der Waals surface area contributed by atoms with E-state index >= 15 is 0 Å². The van der Waals surface area contributed by atoms with Crippen molar-refractivity contribution in [2.45, 2.75) is 19.5 Å².